The maximum Gasteiger partial charge on any atom is 0.251 e. The van der Waals surface area contributed by atoms with Crippen LogP contribution in [0.4, 0.5) is 0 Å². The number of carbonyl (C=O) groups excluding carboxylic acids is 2. The number of fused-ring (bicyclic) bond motifs is 1. The number of nitrogens with one attached hydrogen (secondary N) is 2. The zero-order valence-electron chi connectivity index (χ0n) is 14.2. The van der Waals surface area contributed by atoms with E-state index in [9.17, 15) is 9.59 Å². The highest BCUT2D eigenvalue weighted by Gasteiger charge is 2.11. The van der Waals surface area contributed by atoms with Crippen molar-refractivity contribution in [3.8, 4) is 5.13 Å². The van der Waals surface area contributed by atoms with Crippen LogP contribution in [0.15, 0.2) is 42.7 Å². The van der Waals surface area contributed by atoms with Crippen molar-refractivity contribution in [3.05, 3.63) is 48.3 Å². The van der Waals surface area contributed by atoms with E-state index < -0.39 is 0 Å². The summed E-state index contributed by atoms with van der Waals surface area (Å²) in [5, 5.41) is 6.28. The first kappa shape index (κ1) is 17.2. The summed E-state index contributed by atoms with van der Waals surface area (Å²) in [6.07, 6.45) is 3.86. The fourth-order valence-electron chi connectivity index (χ4n) is 2.27. The fourth-order valence-corrected chi connectivity index (χ4v) is 3.24. The summed E-state index contributed by atoms with van der Waals surface area (Å²) in [4.78, 5) is 28.5. The van der Waals surface area contributed by atoms with Gasteiger partial charge in [0.2, 0.25) is 5.91 Å². The Hall–Kier alpha value is -2.67. The zero-order valence-corrected chi connectivity index (χ0v) is 15.0. The molecule has 7 heteroatoms. The molecule has 2 aromatic heterocycles. The van der Waals surface area contributed by atoms with E-state index >= 15 is 0 Å². The first-order valence-electron chi connectivity index (χ1n) is 8.12. The second-order valence-corrected chi connectivity index (χ2v) is 7.16. The lowest BCUT2D eigenvalue weighted by molar-refractivity contribution is -0.120. The van der Waals surface area contributed by atoms with E-state index in [1.807, 2.05) is 49.0 Å². The van der Waals surface area contributed by atoms with Crippen LogP contribution in [-0.4, -0.2) is 34.5 Å². The molecule has 0 unspecified atom stereocenters. The van der Waals surface area contributed by atoms with Crippen LogP contribution in [0.5, 0.6) is 0 Å². The summed E-state index contributed by atoms with van der Waals surface area (Å²) in [5.41, 5.74) is 1.37. The van der Waals surface area contributed by atoms with Gasteiger partial charge >= 0.3 is 0 Å². The number of hydrogen-bond donors (Lipinski definition) is 2. The Morgan fingerprint density at radius 3 is 2.68 bits per heavy atom. The number of hydrogen-bond acceptors (Lipinski definition) is 4. The third-order valence-corrected chi connectivity index (χ3v) is 4.61. The lowest BCUT2D eigenvalue weighted by Crippen LogP contribution is -2.38. The topological polar surface area (TPSA) is 76.0 Å². The molecule has 2 N–H and O–H groups in total. The van der Waals surface area contributed by atoms with Gasteiger partial charge in [0.05, 0.1) is 16.8 Å². The Labute approximate surface area is 149 Å². The Kier molecular flexibility index (Phi) is 5.14. The predicted molar refractivity (Wildman–Crippen MR) is 99.1 cm³/mol. The van der Waals surface area contributed by atoms with Gasteiger partial charge in [-0.3, -0.25) is 9.59 Å². The van der Waals surface area contributed by atoms with Crippen LogP contribution in [0, 0.1) is 5.92 Å². The van der Waals surface area contributed by atoms with Gasteiger partial charge in [0.15, 0.2) is 5.13 Å². The number of nitrogens with zero attached hydrogens (tertiary/aromatic N) is 2. The predicted octanol–water partition coefficient (Wildman–Crippen LogP) is 2.59. The molecule has 0 aliphatic heterocycles. The molecule has 0 aliphatic rings. The van der Waals surface area contributed by atoms with Crippen molar-refractivity contribution in [3.63, 3.8) is 0 Å². The molecule has 0 saturated carbocycles. The molecular formula is C18H20N4O2S. The van der Waals surface area contributed by atoms with Crippen LogP contribution in [0.25, 0.3) is 15.3 Å². The van der Waals surface area contributed by atoms with Gasteiger partial charge in [-0.05, 0) is 36.2 Å². The van der Waals surface area contributed by atoms with Crippen molar-refractivity contribution in [2.24, 2.45) is 5.92 Å². The number of thiazole rings is 1. The Balaban J connectivity index is 1.66. The molecule has 0 saturated heterocycles. The van der Waals surface area contributed by atoms with Crippen LogP contribution < -0.4 is 10.6 Å². The van der Waals surface area contributed by atoms with Crippen LogP contribution in [0.3, 0.4) is 0 Å². The lowest BCUT2D eigenvalue weighted by Gasteiger charge is -2.08. The van der Waals surface area contributed by atoms with Gasteiger partial charge in [0, 0.05) is 24.5 Å². The minimum absolute atomic E-state index is 0.0269. The first-order valence-corrected chi connectivity index (χ1v) is 8.93. The standard InChI is InChI=1S/C18H20N4O2S/c1-12(2)10-19-16(23)11-20-17(24)13-5-6-14-15(9-13)25-18(21-14)22-7-3-4-8-22/h3-9,12H,10-11H2,1-2H3,(H,19,23)(H,20,24). The summed E-state index contributed by atoms with van der Waals surface area (Å²) in [5.74, 6) is -0.0730. The Bertz CT molecular complexity index is 884. The number of benzene rings is 1. The molecule has 0 radical (unpaired) electrons. The van der Waals surface area contributed by atoms with Crippen molar-refractivity contribution in [2.45, 2.75) is 13.8 Å². The molecule has 0 fully saturated rings. The van der Waals surface area contributed by atoms with Crippen LogP contribution in [0.2, 0.25) is 0 Å². The highest BCUT2D eigenvalue weighted by molar-refractivity contribution is 7.20. The van der Waals surface area contributed by atoms with Crippen LogP contribution >= 0.6 is 11.3 Å². The maximum absolute atomic E-state index is 12.3. The van der Waals surface area contributed by atoms with Gasteiger partial charge in [-0.2, -0.15) is 0 Å². The molecule has 2 amide bonds. The lowest BCUT2D eigenvalue weighted by atomic mass is 10.2. The number of amides is 2. The molecule has 2 heterocycles. The molecule has 0 aliphatic carbocycles. The highest BCUT2D eigenvalue weighted by Crippen LogP contribution is 2.25. The van der Waals surface area contributed by atoms with Crippen molar-refractivity contribution in [1.29, 1.82) is 0 Å². The average molecular weight is 356 g/mol. The molecule has 6 nitrogen and oxygen atoms in total. The second kappa shape index (κ2) is 7.48. The number of rotatable bonds is 6. The normalized spacial score (nSPS) is 11.0. The average Bonchev–Trinajstić information content (AvgIpc) is 3.25. The van der Waals surface area contributed by atoms with Crippen LogP contribution in [0.1, 0.15) is 24.2 Å². The fraction of sp³-hybridized carbons (Fsp3) is 0.278. The molecule has 3 aromatic rings. The molecule has 0 spiro atoms. The Morgan fingerprint density at radius 1 is 1.20 bits per heavy atom. The minimum Gasteiger partial charge on any atom is -0.354 e. The van der Waals surface area contributed by atoms with Crippen LogP contribution in [-0.2, 0) is 4.79 Å². The van der Waals surface area contributed by atoms with E-state index in [1.54, 1.807) is 12.1 Å². The van der Waals surface area contributed by atoms with E-state index in [0.717, 1.165) is 15.3 Å². The second-order valence-electron chi connectivity index (χ2n) is 6.15. The smallest absolute Gasteiger partial charge is 0.251 e. The molecule has 0 atom stereocenters. The highest BCUT2D eigenvalue weighted by atomic mass is 32.1. The van der Waals surface area contributed by atoms with Gasteiger partial charge in [0.25, 0.3) is 5.91 Å². The van der Waals surface area contributed by atoms with Crippen molar-refractivity contribution >= 4 is 33.4 Å². The minimum atomic E-state index is -0.266. The molecule has 25 heavy (non-hydrogen) atoms. The molecule has 130 valence electrons. The summed E-state index contributed by atoms with van der Waals surface area (Å²) < 4.78 is 2.87. The molecule has 0 bridgehead atoms. The van der Waals surface area contributed by atoms with E-state index in [4.69, 9.17) is 0 Å². The first-order chi connectivity index (χ1) is 12.0. The van der Waals surface area contributed by atoms with Crippen molar-refractivity contribution in [1.82, 2.24) is 20.2 Å². The van der Waals surface area contributed by atoms with E-state index in [0.29, 0.717) is 18.0 Å². The Morgan fingerprint density at radius 2 is 1.96 bits per heavy atom. The van der Waals surface area contributed by atoms with Gasteiger partial charge < -0.3 is 15.2 Å². The monoisotopic (exact) mass is 356 g/mol. The number of carbonyl (C=O) groups is 2. The zero-order chi connectivity index (χ0) is 17.8. The third-order valence-electron chi connectivity index (χ3n) is 3.58. The van der Waals surface area contributed by atoms with Gasteiger partial charge in [-0.25, -0.2) is 4.98 Å². The summed E-state index contributed by atoms with van der Waals surface area (Å²) in [7, 11) is 0. The van der Waals surface area contributed by atoms with Gasteiger partial charge in [0.1, 0.15) is 0 Å². The molecule has 1 aromatic carbocycles. The SMILES string of the molecule is CC(C)CNC(=O)CNC(=O)c1ccc2nc(-n3cccc3)sc2c1. The summed E-state index contributed by atoms with van der Waals surface area (Å²) in [6.45, 7) is 4.61. The molecular weight excluding hydrogens is 336 g/mol. The quantitative estimate of drug-likeness (QED) is 0.713. The maximum atomic E-state index is 12.3. The van der Waals surface area contributed by atoms with E-state index in [-0.39, 0.29) is 18.4 Å². The largest absolute Gasteiger partial charge is 0.354 e. The van der Waals surface area contributed by atoms with Crippen molar-refractivity contribution in [2.75, 3.05) is 13.1 Å². The summed E-state index contributed by atoms with van der Waals surface area (Å²) >= 11 is 1.51. The summed E-state index contributed by atoms with van der Waals surface area (Å²) in [6, 6.07) is 9.24. The number of aromatic nitrogens is 2. The third kappa shape index (κ3) is 4.24. The van der Waals surface area contributed by atoms with Gasteiger partial charge in [-0.1, -0.05) is 25.2 Å². The van der Waals surface area contributed by atoms with Crippen molar-refractivity contribution < 1.29 is 9.59 Å². The van der Waals surface area contributed by atoms with E-state index in [2.05, 4.69) is 15.6 Å². The van der Waals surface area contributed by atoms with Gasteiger partial charge in [-0.15, -0.1) is 0 Å². The molecule has 3 rings (SSSR count). The van der Waals surface area contributed by atoms with E-state index in [1.165, 1.54) is 11.3 Å².